The molecule has 0 radical (unpaired) electrons. The highest BCUT2D eigenvalue weighted by molar-refractivity contribution is 5.75. The van der Waals surface area contributed by atoms with Crippen molar-refractivity contribution < 1.29 is 9.21 Å². The lowest BCUT2D eigenvalue weighted by Gasteiger charge is -2.26. The molecule has 8 nitrogen and oxygen atoms in total. The van der Waals surface area contributed by atoms with Crippen molar-refractivity contribution in [2.24, 2.45) is 0 Å². The molecule has 0 unspecified atom stereocenters. The highest BCUT2D eigenvalue weighted by atomic mass is 16.3. The van der Waals surface area contributed by atoms with E-state index in [1.807, 2.05) is 26.2 Å². The van der Waals surface area contributed by atoms with E-state index >= 15 is 0 Å². The smallest absolute Gasteiger partial charge is 0.269 e. The Morgan fingerprint density at radius 2 is 2.15 bits per heavy atom. The highest BCUT2D eigenvalue weighted by Crippen LogP contribution is 2.24. The van der Waals surface area contributed by atoms with E-state index in [9.17, 15) is 9.59 Å². The first-order chi connectivity index (χ1) is 12.5. The fourth-order valence-corrected chi connectivity index (χ4v) is 3.13. The van der Waals surface area contributed by atoms with E-state index in [-0.39, 0.29) is 24.1 Å². The fourth-order valence-electron chi connectivity index (χ4n) is 3.13. The zero-order valence-electron chi connectivity index (χ0n) is 15.2. The maximum absolute atomic E-state index is 12.3. The van der Waals surface area contributed by atoms with Gasteiger partial charge in [-0.15, -0.1) is 0 Å². The third-order valence-electron chi connectivity index (χ3n) is 4.61. The van der Waals surface area contributed by atoms with Crippen LogP contribution in [0.4, 0.5) is 5.69 Å². The average molecular weight is 359 g/mol. The van der Waals surface area contributed by atoms with Gasteiger partial charge in [0.2, 0.25) is 5.91 Å². The van der Waals surface area contributed by atoms with Gasteiger partial charge in [-0.2, -0.15) is 5.10 Å². The molecule has 8 heteroatoms. The second-order valence-corrected chi connectivity index (χ2v) is 6.68. The summed E-state index contributed by atoms with van der Waals surface area (Å²) in [6, 6.07) is 5.27. The van der Waals surface area contributed by atoms with Gasteiger partial charge in [0.1, 0.15) is 12.3 Å². The number of furan rings is 1. The van der Waals surface area contributed by atoms with Gasteiger partial charge < -0.3 is 14.6 Å². The largest absolute Gasteiger partial charge is 0.468 e. The summed E-state index contributed by atoms with van der Waals surface area (Å²) in [6.07, 6.45) is 5.53. The van der Waals surface area contributed by atoms with Crippen molar-refractivity contribution in [2.45, 2.75) is 25.4 Å². The molecule has 1 amide bonds. The molecule has 26 heavy (non-hydrogen) atoms. The van der Waals surface area contributed by atoms with Crippen LogP contribution in [0.3, 0.4) is 0 Å². The van der Waals surface area contributed by atoms with E-state index in [1.54, 1.807) is 17.4 Å². The molecule has 1 aliphatic rings. The molecule has 0 saturated carbocycles. The number of nitrogens with zero attached hydrogens (tertiary/aromatic N) is 4. The van der Waals surface area contributed by atoms with Crippen LogP contribution in [0, 0.1) is 0 Å². The molecule has 1 saturated heterocycles. The molecule has 1 fully saturated rings. The van der Waals surface area contributed by atoms with Gasteiger partial charge in [-0.25, -0.2) is 4.68 Å². The summed E-state index contributed by atoms with van der Waals surface area (Å²) < 4.78 is 6.71. The van der Waals surface area contributed by atoms with Crippen LogP contribution in [0.2, 0.25) is 0 Å². The monoisotopic (exact) mass is 359 g/mol. The van der Waals surface area contributed by atoms with Gasteiger partial charge in [0, 0.05) is 26.7 Å². The van der Waals surface area contributed by atoms with Gasteiger partial charge in [0.25, 0.3) is 5.56 Å². The van der Waals surface area contributed by atoms with Gasteiger partial charge in [-0.05, 0) is 38.1 Å². The molecule has 1 N–H and O–H groups in total. The first kappa shape index (κ1) is 18.2. The van der Waals surface area contributed by atoms with Crippen molar-refractivity contribution in [2.75, 3.05) is 38.6 Å². The number of aromatic nitrogens is 2. The van der Waals surface area contributed by atoms with Crippen molar-refractivity contribution in [3.63, 3.8) is 0 Å². The van der Waals surface area contributed by atoms with Crippen LogP contribution >= 0.6 is 0 Å². The quantitative estimate of drug-likeness (QED) is 0.789. The van der Waals surface area contributed by atoms with E-state index < -0.39 is 0 Å². The van der Waals surface area contributed by atoms with Gasteiger partial charge in [0.05, 0.1) is 24.2 Å². The Bertz CT molecular complexity index is 778. The molecule has 3 heterocycles. The van der Waals surface area contributed by atoms with E-state index in [0.29, 0.717) is 12.2 Å². The van der Waals surface area contributed by atoms with E-state index in [1.165, 1.54) is 10.7 Å². The fraction of sp³-hybridized carbons (Fsp3) is 0.500. The molecular weight excluding hydrogens is 334 g/mol. The van der Waals surface area contributed by atoms with Crippen molar-refractivity contribution in [1.29, 1.82) is 0 Å². The van der Waals surface area contributed by atoms with E-state index in [2.05, 4.69) is 15.3 Å². The minimum atomic E-state index is -0.298. The van der Waals surface area contributed by atoms with Crippen LogP contribution < -0.4 is 15.8 Å². The first-order valence-corrected chi connectivity index (χ1v) is 8.83. The summed E-state index contributed by atoms with van der Waals surface area (Å²) >= 11 is 0. The van der Waals surface area contributed by atoms with Crippen molar-refractivity contribution in [1.82, 2.24) is 20.0 Å². The van der Waals surface area contributed by atoms with Gasteiger partial charge in [-0.3, -0.25) is 14.5 Å². The Morgan fingerprint density at radius 1 is 1.38 bits per heavy atom. The summed E-state index contributed by atoms with van der Waals surface area (Å²) in [7, 11) is 3.67. The second-order valence-electron chi connectivity index (χ2n) is 6.68. The molecule has 2 aromatic heterocycles. The Hall–Kier alpha value is -2.61. The number of nitrogens with one attached hydrogen (secondary N) is 1. The highest BCUT2D eigenvalue weighted by Gasteiger charge is 2.26. The number of carbonyl (C=O) groups excluding carboxylic acids is 1. The maximum atomic E-state index is 12.3. The number of likely N-dealkylation sites (tertiary alicyclic amines) is 1. The summed E-state index contributed by atoms with van der Waals surface area (Å²) in [5.74, 6) is 0.603. The average Bonchev–Trinajstić information content (AvgIpc) is 3.31. The summed E-state index contributed by atoms with van der Waals surface area (Å²) in [6.45, 7) is 2.33. The van der Waals surface area contributed by atoms with Crippen molar-refractivity contribution in [3.05, 3.63) is 46.8 Å². The van der Waals surface area contributed by atoms with Gasteiger partial charge in [-0.1, -0.05) is 0 Å². The molecule has 0 spiro atoms. The molecular formula is C18H25N5O3. The predicted molar refractivity (Wildman–Crippen MR) is 98.1 cm³/mol. The number of hydrogen-bond acceptors (Lipinski definition) is 6. The van der Waals surface area contributed by atoms with Crippen LogP contribution in [0.25, 0.3) is 0 Å². The molecule has 0 aromatic carbocycles. The minimum Gasteiger partial charge on any atom is -0.468 e. The van der Waals surface area contributed by atoms with Crippen LogP contribution in [-0.2, 0) is 11.3 Å². The Kier molecular flexibility index (Phi) is 5.72. The molecule has 1 aliphatic heterocycles. The van der Waals surface area contributed by atoms with Crippen LogP contribution in [0.1, 0.15) is 24.6 Å². The van der Waals surface area contributed by atoms with Crippen LogP contribution in [0.5, 0.6) is 0 Å². The second kappa shape index (κ2) is 8.18. The Morgan fingerprint density at radius 3 is 2.77 bits per heavy atom. The predicted octanol–water partition coefficient (Wildman–Crippen LogP) is 0.856. The van der Waals surface area contributed by atoms with E-state index in [4.69, 9.17) is 4.42 Å². The number of anilines is 1. The van der Waals surface area contributed by atoms with Crippen LogP contribution in [0.15, 0.2) is 39.9 Å². The first-order valence-electron chi connectivity index (χ1n) is 8.83. The molecule has 0 aliphatic carbocycles. The topological polar surface area (TPSA) is 83.6 Å². The summed E-state index contributed by atoms with van der Waals surface area (Å²) in [5.41, 5.74) is 0.409. The molecule has 2 aromatic rings. The lowest BCUT2D eigenvalue weighted by molar-refractivity contribution is -0.122. The standard InChI is InChI=1S/C18H25N5O3/c1-21(2)14-10-18(25)23(20-11-14)13-17(24)19-12-15(16-6-5-9-26-16)22-7-3-4-8-22/h5-6,9-11,15H,3-4,7-8,12-13H2,1-2H3,(H,19,24)/t15-/m1/s1. The SMILES string of the molecule is CN(C)c1cnn(CC(=O)NC[C@H](c2ccco2)N2CCCC2)c(=O)c1. The zero-order chi connectivity index (χ0) is 18.5. The molecule has 3 rings (SSSR count). The number of rotatable bonds is 7. The number of carbonyl (C=O) groups is 1. The Balaban J connectivity index is 1.61. The molecule has 0 bridgehead atoms. The normalized spacial score (nSPS) is 15.8. The van der Waals surface area contributed by atoms with Gasteiger partial charge in [0.15, 0.2) is 0 Å². The lowest BCUT2D eigenvalue weighted by Crippen LogP contribution is -2.39. The summed E-state index contributed by atoms with van der Waals surface area (Å²) in [4.78, 5) is 28.5. The lowest BCUT2D eigenvalue weighted by atomic mass is 10.2. The third kappa shape index (κ3) is 4.32. The third-order valence-corrected chi connectivity index (χ3v) is 4.61. The zero-order valence-corrected chi connectivity index (χ0v) is 15.2. The van der Waals surface area contributed by atoms with Crippen LogP contribution in [-0.4, -0.2) is 54.3 Å². The maximum Gasteiger partial charge on any atom is 0.269 e. The molecule has 1 atom stereocenters. The summed E-state index contributed by atoms with van der Waals surface area (Å²) in [5, 5.41) is 6.98. The Labute approximate surface area is 152 Å². The van der Waals surface area contributed by atoms with Crippen molar-refractivity contribution in [3.8, 4) is 0 Å². The number of hydrogen-bond donors (Lipinski definition) is 1. The minimum absolute atomic E-state index is 0.0113. The van der Waals surface area contributed by atoms with Crippen molar-refractivity contribution >= 4 is 11.6 Å². The van der Waals surface area contributed by atoms with E-state index in [0.717, 1.165) is 31.7 Å². The number of amides is 1. The molecule has 140 valence electrons. The van der Waals surface area contributed by atoms with Gasteiger partial charge >= 0.3 is 0 Å².